The molecule has 0 aromatic heterocycles. The molecule has 0 unspecified atom stereocenters. The van der Waals surface area contributed by atoms with Gasteiger partial charge in [0.2, 0.25) is 11.5 Å². The Morgan fingerprint density at radius 3 is 0.510 bits per heavy atom. The SMILES string of the molecule is CCCCCCCCCCCCOc1cc(COc2cc(N)c(N)cc2OCc2cc(OCCCCCCCCCCCC)c(OCCCCCCCCCCCC)c(OCCCCCCCCCCCC)c2)cc(OCCCCCCCCCCCC)c1OCCCCCCCCCCCC. The van der Waals surface area contributed by atoms with Crippen LogP contribution in [0.1, 0.15) is 438 Å². The largest absolute Gasteiger partial charge is 0.490 e. The average Bonchev–Trinajstić information content (AvgIpc) is 0.825. The molecule has 590 valence electrons. The molecule has 0 aliphatic heterocycles. The summed E-state index contributed by atoms with van der Waals surface area (Å²) in [5.74, 6) is 5.33. The van der Waals surface area contributed by atoms with Crippen LogP contribution >= 0.6 is 0 Å². The van der Waals surface area contributed by atoms with Crippen LogP contribution in [-0.4, -0.2) is 39.6 Å². The second-order valence-corrected chi connectivity index (χ2v) is 30.5. The van der Waals surface area contributed by atoms with Crippen LogP contribution in [0.25, 0.3) is 0 Å². The number of unbranched alkanes of at least 4 members (excludes halogenated alkanes) is 54. The van der Waals surface area contributed by atoms with Gasteiger partial charge in [-0.1, -0.05) is 388 Å². The lowest BCUT2D eigenvalue weighted by Gasteiger charge is -2.20. The van der Waals surface area contributed by atoms with Gasteiger partial charge in [-0.15, -0.1) is 0 Å². The van der Waals surface area contributed by atoms with E-state index in [1.807, 2.05) is 0 Å². The molecule has 0 aliphatic rings. The van der Waals surface area contributed by atoms with E-state index < -0.39 is 0 Å². The lowest BCUT2D eigenvalue weighted by atomic mass is 10.1. The van der Waals surface area contributed by atoms with Gasteiger partial charge in [0.05, 0.1) is 51.0 Å². The molecule has 0 saturated carbocycles. The maximum absolute atomic E-state index is 6.83. The predicted octanol–water partition coefficient (Wildman–Crippen LogP) is 29.8. The Kier molecular flexibility index (Phi) is 61.7. The molecule has 0 saturated heterocycles. The van der Waals surface area contributed by atoms with Crippen molar-refractivity contribution >= 4 is 11.4 Å². The number of benzene rings is 3. The molecular formula is C92H164N2O8. The molecule has 0 atom stereocenters. The first-order valence-corrected chi connectivity index (χ1v) is 44.4. The summed E-state index contributed by atoms with van der Waals surface area (Å²) in [6, 6.07) is 12.0. The second-order valence-electron chi connectivity index (χ2n) is 30.5. The van der Waals surface area contributed by atoms with E-state index in [9.17, 15) is 0 Å². The van der Waals surface area contributed by atoms with E-state index in [0.717, 1.165) is 111 Å². The Balaban J connectivity index is 1.94. The second kappa shape index (κ2) is 68.5. The number of hydrogen-bond acceptors (Lipinski definition) is 10. The molecule has 3 rings (SSSR count). The fraction of sp³-hybridized carbons (Fsp3) is 0.804. The highest BCUT2D eigenvalue weighted by molar-refractivity contribution is 5.69. The Hall–Kier alpha value is -4.34. The van der Waals surface area contributed by atoms with Crippen molar-refractivity contribution in [3.05, 3.63) is 47.5 Å². The van der Waals surface area contributed by atoms with Gasteiger partial charge in [-0.2, -0.15) is 0 Å². The van der Waals surface area contributed by atoms with Crippen molar-refractivity contribution in [3.63, 3.8) is 0 Å². The molecule has 0 aliphatic carbocycles. The number of rotatable bonds is 78. The molecule has 0 bridgehead atoms. The quantitative estimate of drug-likeness (QED) is 0.0417. The molecule has 0 radical (unpaired) electrons. The summed E-state index contributed by atoms with van der Waals surface area (Å²) in [7, 11) is 0. The molecular weight excluding hydrogens is 1260 g/mol. The molecule has 4 N–H and O–H groups in total. The number of hydrogen-bond donors (Lipinski definition) is 2. The Labute approximate surface area is 630 Å². The Morgan fingerprint density at radius 2 is 0.333 bits per heavy atom. The molecule has 0 spiro atoms. The summed E-state index contributed by atoms with van der Waals surface area (Å²) in [5, 5.41) is 0. The van der Waals surface area contributed by atoms with Crippen molar-refractivity contribution in [2.45, 2.75) is 440 Å². The normalized spacial score (nSPS) is 11.4. The number of anilines is 2. The third-order valence-corrected chi connectivity index (χ3v) is 20.6. The van der Waals surface area contributed by atoms with Gasteiger partial charge in [0.1, 0.15) is 13.2 Å². The average molecular weight is 1430 g/mol. The van der Waals surface area contributed by atoms with Crippen LogP contribution in [0.2, 0.25) is 0 Å². The zero-order chi connectivity index (χ0) is 72.9. The first-order valence-electron chi connectivity index (χ1n) is 44.4. The van der Waals surface area contributed by atoms with Gasteiger partial charge in [0.25, 0.3) is 0 Å². The zero-order valence-electron chi connectivity index (χ0n) is 68.0. The molecule has 0 fully saturated rings. The van der Waals surface area contributed by atoms with E-state index in [1.165, 1.54) is 308 Å². The topological polar surface area (TPSA) is 126 Å². The first-order chi connectivity index (χ1) is 50.4. The highest BCUT2D eigenvalue weighted by atomic mass is 16.6. The molecule has 3 aromatic rings. The van der Waals surface area contributed by atoms with Crippen LogP contribution in [0.15, 0.2) is 36.4 Å². The Morgan fingerprint density at radius 1 is 0.176 bits per heavy atom. The number of nitrogen functional groups attached to an aromatic ring is 2. The number of ether oxygens (including phenoxy) is 8. The van der Waals surface area contributed by atoms with Gasteiger partial charge in [0, 0.05) is 12.1 Å². The summed E-state index contributed by atoms with van der Waals surface area (Å²) < 4.78 is 54.5. The van der Waals surface area contributed by atoms with Crippen molar-refractivity contribution in [1.82, 2.24) is 0 Å². The molecule has 10 heteroatoms. The van der Waals surface area contributed by atoms with Gasteiger partial charge in [-0.05, 0) is 73.9 Å². The molecule has 0 heterocycles. The third-order valence-electron chi connectivity index (χ3n) is 20.6. The van der Waals surface area contributed by atoms with Crippen molar-refractivity contribution < 1.29 is 37.9 Å². The fourth-order valence-corrected chi connectivity index (χ4v) is 13.9. The van der Waals surface area contributed by atoms with Gasteiger partial charge in [0.15, 0.2) is 34.5 Å². The van der Waals surface area contributed by atoms with Crippen LogP contribution in [0.4, 0.5) is 11.4 Å². The van der Waals surface area contributed by atoms with Gasteiger partial charge in [-0.3, -0.25) is 0 Å². The van der Waals surface area contributed by atoms with Crippen molar-refractivity contribution in [2.75, 3.05) is 51.1 Å². The maximum Gasteiger partial charge on any atom is 0.203 e. The Bertz CT molecular complexity index is 2070. The van der Waals surface area contributed by atoms with Gasteiger partial charge in [-0.25, -0.2) is 0 Å². The minimum absolute atomic E-state index is 0.223. The summed E-state index contributed by atoms with van der Waals surface area (Å²) >= 11 is 0. The summed E-state index contributed by atoms with van der Waals surface area (Å²) in [6.45, 7) is 17.9. The molecule has 102 heavy (non-hydrogen) atoms. The van der Waals surface area contributed by atoms with E-state index in [-0.39, 0.29) is 13.2 Å². The predicted molar refractivity (Wildman–Crippen MR) is 441 cm³/mol. The van der Waals surface area contributed by atoms with E-state index in [1.54, 1.807) is 12.1 Å². The third kappa shape index (κ3) is 49.4. The van der Waals surface area contributed by atoms with E-state index in [2.05, 4.69) is 65.8 Å². The maximum atomic E-state index is 6.83. The minimum Gasteiger partial charge on any atom is -0.490 e. The van der Waals surface area contributed by atoms with Gasteiger partial charge >= 0.3 is 0 Å². The summed E-state index contributed by atoms with van der Waals surface area (Å²) in [5.41, 5.74) is 16.0. The van der Waals surface area contributed by atoms with Crippen LogP contribution in [-0.2, 0) is 13.2 Å². The summed E-state index contributed by atoms with van der Waals surface area (Å²) in [6.07, 6.45) is 76.3. The van der Waals surface area contributed by atoms with Crippen molar-refractivity contribution in [1.29, 1.82) is 0 Å². The van der Waals surface area contributed by atoms with Crippen LogP contribution < -0.4 is 49.4 Å². The van der Waals surface area contributed by atoms with E-state index >= 15 is 0 Å². The summed E-state index contributed by atoms with van der Waals surface area (Å²) in [4.78, 5) is 0. The molecule has 3 aromatic carbocycles. The van der Waals surface area contributed by atoms with Crippen molar-refractivity contribution in [2.24, 2.45) is 0 Å². The van der Waals surface area contributed by atoms with E-state index in [4.69, 9.17) is 49.4 Å². The van der Waals surface area contributed by atoms with E-state index in [0.29, 0.717) is 74.0 Å². The van der Waals surface area contributed by atoms with Gasteiger partial charge < -0.3 is 49.4 Å². The minimum atomic E-state index is 0.223. The number of nitrogens with two attached hydrogens (primary N) is 2. The molecule has 0 amide bonds. The highest BCUT2D eigenvalue weighted by Crippen LogP contribution is 2.43. The smallest absolute Gasteiger partial charge is 0.203 e. The standard InChI is InChI=1S/C92H164N2O8/c1-7-13-19-25-31-37-43-49-55-61-67-95-87-73-81(74-88(96-68-62-56-50-44-38-32-26-20-14-8-2)91(87)99-71-65-59-53-47-41-35-29-23-17-11-5)79-101-85-77-83(93)84(94)78-86(85)102-80-82-75-89(97-69-63-57-51-45-39-33-27-21-15-9-3)92(100-72-66-60-54-48-42-36-30-24-18-12-6)90(76-82)98-70-64-58-52-46-40-34-28-22-16-10-4/h73-78H,7-72,79-80,93-94H2,1-6H3. The van der Waals surface area contributed by atoms with Crippen LogP contribution in [0.5, 0.6) is 46.0 Å². The fourth-order valence-electron chi connectivity index (χ4n) is 13.9. The lowest BCUT2D eigenvalue weighted by Crippen LogP contribution is -2.09. The monoisotopic (exact) mass is 1430 g/mol. The molecule has 10 nitrogen and oxygen atoms in total. The zero-order valence-corrected chi connectivity index (χ0v) is 68.0. The van der Waals surface area contributed by atoms with Crippen molar-refractivity contribution in [3.8, 4) is 46.0 Å². The lowest BCUT2D eigenvalue weighted by molar-refractivity contribution is 0.229. The van der Waals surface area contributed by atoms with Crippen LogP contribution in [0, 0.1) is 0 Å². The first kappa shape index (κ1) is 91.9. The highest BCUT2D eigenvalue weighted by Gasteiger charge is 2.21. The van der Waals surface area contributed by atoms with Crippen LogP contribution in [0.3, 0.4) is 0 Å².